The average molecular weight is 506 g/mol. The van der Waals surface area contributed by atoms with Crippen molar-refractivity contribution in [3.8, 4) is 0 Å². The molecule has 0 radical (unpaired) electrons. The molecule has 2 aromatic rings. The highest BCUT2D eigenvalue weighted by atomic mass is 32.3. The van der Waals surface area contributed by atoms with Gasteiger partial charge in [0.05, 0.1) is 35.5 Å². The molecular formula is C24H35N5O5S. The maximum atomic E-state index is 12.2. The normalized spacial score (nSPS) is 24.7. The first kappa shape index (κ1) is 24.3. The molecule has 1 saturated carbocycles. The van der Waals surface area contributed by atoms with Crippen LogP contribution in [0.1, 0.15) is 64.4 Å². The number of nitrogens with zero attached hydrogens (tertiary/aromatic N) is 4. The number of hydrogen-bond donors (Lipinski definition) is 3. The summed E-state index contributed by atoms with van der Waals surface area (Å²) in [6.07, 6.45) is 8.73. The summed E-state index contributed by atoms with van der Waals surface area (Å²) in [6, 6.07) is 0.126. The van der Waals surface area contributed by atoms with Crippen LogP contribution in [0.4, 0.5) is 5.69 Å². The average Bonchev–Trinajstić information content (AvgIpc) is 3.45. The Morgan fingerprint density at radius 1 is 1.23 bits per heavy atom. The van der Waals surface area contributed by atoms with Crippen molar-refractivity contribution in [2.75, 3.05) is 23.4 Å². The number of carbonyl (C=O) groups is 1. The molecule has 0 bridgehead atoms. The quantitative estimate of drug-likeness (QED) is 0.493. The van der Waals surface area contributed by atoms with E-state index in [4.69, 9.17) is 14.6 Å². The number of aryl methyl sites for hydroxylation is 1. The van der Waals surface area contributed by atoms with Crippen molar-refractivity contribution < 1.29 is 23.5 Å². The number of ether oxygens (including phenoxy) is 1. The molecule has 3 aliphatic rings. The lowest BCUT2D eigenvalue weighted by atomic mass is 9.76. The van der Waals surface area contributed by atoms with Gasteiger partial charge in [-0.3, -0.25) is 13.9 Å². The van der Waals surface area contributed by atoms with Crippen molar-refractivity contribution in [3.63, 3.8) is 0 Å². The van der Waals surface area contributed by atoms with E-state index in [-0.39, 0.29) is 23.5 Å². The van der Waals surface area contributed by atoms with Crippen LogP contribution in [0.15, 0.2) is 17.5 Å². The van der Waals surface area contributed by atoms with Crippen LogP contribution in [-0.4, -0.2) is 65.3 Å². The van der Waals surface area contributed by atoms with E-state index in [1.54, 1.807) is 0 Å². The highest BCUT2D eigenvalue weighted by Crippen LogP contribution is 2.46. The Balaban J connectivity index is 1.37. The molecule has 1 spiro atoms. The van der Waals surface area contributed by atoms with Crippen LogP contribution in [0, 0.1) is 5.92 Å². The second kappa shape index (κ2) is 9.59. The van der Waals surface area contributed by atoms with E-state index < -0.39 is 10.6 Å². The number of aromatic nitrogens is 3. The molecule has 1 saturated heterocycles. The summed E-state index contributed by atoms with van der Waals surface area (Å²) in [5.41, 5.74) is 3.09. The van der Waals surface area contributed by atoms with Gasteiger partial charge in [0, 0.05) is 42.3 Å². The van der Waals surface area contributed by atoms with Gasteiger partial charge in [-0.15, -0.1) is 0 Å². The molecule has 10 nitrogen and oxygen atoms in total. The van der Waals surface area contributed by atoms with Gasteiger partial charge in [0.1, 0.15) is 5.60 Å². The van der Waals surface area contributed by atoms with Gasteiger partial charge in [0.15, 0.2) is 5.65 Å². The summed E-state index contributed by atoms with van der Waals surface area (Å²) in [5.74, 6) is 0.649. The minimum atomic E-state index is -2.45. The fraction of sp³-hybridized carbons (Fsp3) is 0.667. The van der Waals surface area contributed by atoms with E-state index >= 15 is 0 Å². The Morgan fingerprint density at radius 2 is 1.97 bits per heavy atom. The summed E-state index contributed by atoms with van der Waals surface area (Å²) >= 11 is 0. The number of rotatable bonds is 6. The summed E-state index contributed by atoms with van der Waals surface area (Å²) in [7, 11) is -2.45. The minimum absolute atomic E-state index is 0.0676. The molecular weight excluding hydrogens is 470 g/mol. The van der Waals surface area contributed by atoms with Crippen molar-refractivity contribution in [2.24, 2.45) is 11.1 Å². The van der Waals surface area contributed by atoms with Gasteiger partial charge >= 0.3 is 5.97 Å². The molecule has 4 heterocycles. The van der Waals surface area contributed by atoms with Crippen molar-refractivity contribution in [3.05, 3.63) is 18.0 Å². The lowest BCUT2D eigenvalue weighted by Gasteiger charge is -2.39. The van der Waals surface area contributed by atoms with Crippen LogP contribution in [-0.2, 0) is 20.9 Å². The van der Waals surface area contributed by atoms with Gasteiger partial charge in [-0.05, 0) is 52.4 Å². The second-order valence-electron chi connectivity index (χ2n) is 9.89. The fourth-order valence-electron chi connectivity index (χ4n) is 5.46. The van der Waals surface area contributed by atoms with Crippen LogP contribution < -0.4 is 5.32 Å². The van der Waals surface area contributed by atoms with E-state index in [0.717, 1.165) is 53.7 Å². The molecule has 5 rings (SSSR count). The summed E-state index contributed by atoms with van der Waals surface area (Å²) < 4.78 is 27.2. The highest BCUT2D eigenvalue weighted by Gasteiger charge is 2.45. The zero-order valence-electron chi connectivity index (χ0n) is 20.4. The topological polar surface area (TPSA) is 131 Å². The lowest BCUT2D eigenvalue weighted by molar-refractivity contribution is -0.151. The van der Waals surface area contributed by atoms with E-state index in [2.05, 4.69) is 15.6 Å². The van der Waals surface area contributed by atoms with E-state index in [1.165, 1.54) is 0 Å². The molecule has 192 valence electrons. The molecule has 0 atom stereocenters. The van der Waals surface area contributed by atoms with E-state index in [9.17, 15) is 13.9 Å². The largest absolute Gasteiger partial charge is 0.466 e. The van der Waals surface area contributed by atoms with Crippen LogP contribution in [0.5, 0.6) is 0 Å². The van der Waals surface area contributed by atoms with Gasteiger partial charge in [0.2, 0.25) is 0 Å². The Labute approximate surface area is 206 Å². The standard InChI is InChI=1S/C24H35N5O5S/c1-3-29-22-19(15-26-29)21(27-17-7-11-35(31,32)12-8-17)18(14-25-22)20-13-24(34-28-20)9-5-16(6-10-24)23(30)33-4-2/h14-17,31-32H,3-13H2,1-2H3,(H,25,27). The number of esters is 1. The molecule has 1 aliphatic carbocycles. The van der Waals surface area contributed by atoms with Crippen LogP contribution in [0.25, 0.3) is 11.0 Å². The first-order valence-corrected chi connectivity index (χ1v) is 14.5. The maximum Gasteiger partial charge on any atom is 0.308 e. The highest BCUT2D eigenvalue weighted by molar-refractivity contribution is 8.24. The zero-order valence-corrected chi connectivity index (χ0v) is 21.2. The third-order valence-electron chi connectivity index (χ3n) is 7.57. The fourth-order valence-corrected chi connectivity index (χ4v) is 6.99. The van der Waals surface area contributed by atoms with E-state index in [1.807, 2.05) is 30.9 Å². The molecule has 11 heteroatoms. The molecule has 0 aromatic carbocycles. The smallest absolute Gasteiger partial charge is 0.308 e. The van der Waals surface area contributed by atoms with E-state index in [0.29, 0.717) is 43.9 Å². The van der Waals surface area contributed by atoms with Crippen molar-refractivity contribution >= 4 is 39.0 Å². The molecule has 3 N–H and O–H groups in total. The summed E-state index contributed by atoms with van der Waals surface area (Å²) in [4.78, 5) is 22.9. The van der Waals surface area contributed by atoms with Gasteiger partial charge in [-0.25, -0.2) is 9.67 Å². The SMILES string of the molecule is CCOC(=O)C1CCC2(CC1)CC(c1cnc3c(cnn3CC)c1NC1CCS(O)(O)CC1)=NO2. The second-order valence-corrected chi connectivity index (χ2v) is 12.3. The maximum absolute atomic E-state index is 12.2. The number of nitrogens with one attached hydrogen (secondary N) is 1. The van der Waals surface area contributed by atoms with Crippen LogP contribution >= 0.6 is 10.6 Å². The van der Waals surface area contributed by atoms with Gasteiger partial charge < -0.3 is 14.9 Å². The molecule has 2 fully saturated rings. The van der Waals surface area contributed by atoms with Crippen molar-refractivity contribution in [2.45, 2.75) is 77.0 Å². The number of carbonyl (C=O) groups excluding carboxylic acids is 1. The van der Waals surface area contributed by atoms with Crippen molar-refractivity contribution in [1.29, 1.82) is 0 Å². The first-order valence-electron chi connectivity index (χ1n) is 12.6. The number of hydrogen-bond acceptors (Lipinski definition) is 9. The third-order valence-corrected chi connectivity index (χ3v) is 9.35. The first-order chi connectivity index (χ1) is 16.8. The van der Waals surface area contributed by atoms with Crippen molar-refractivity contribution in [1.82, 2.24) is 14.8 Å². The molecule has 2 aromatic heterocycles. The Hall–Kier alpha value is -2.37. The van der Waals surface area contributed by atoms with Gasteiger partial charge in [-0.1, -0.05) is 5.16 Å². The van der Waals surface area contributed by atoms with Gasteiger partial charge in [0.25, 0.3) is 0 Å². The molecule has 35 heavy (non-hydrogen) atoms. The summed E-state index contributed by atoms with van der Waals surface area (Å²) in [5, 5.41) is 13.6. The number of pyridine rings is 1. The number of anilines is 1. The Kier molecular flexibility index (Phi) is 6.67. The lowest BCUT2D eigenvalue weighted by Crippen LogP contribution is -2.37. The monoisotopic (exact) mass is 505 g/mol. The minimum Gasteiger partial charge on any atom is -0.466 e. The molecule has 2 aliphatic heterocycles. The number of fused-ring (bicyclic) bond motifs is 1. The predicted molar refractivity (Wildman–Crippen MR) is 136 cm³/mol. The zero-order chi connectivity index (χ0) is 24.6. The molecule has 0 amide bonds. The Morgan fingerprint density at radius 3 is 2.66 bits per heavy atom. The summed E-state index contributed by atoms with van der Waals surface area (Å²) in [6.45, 7) is 4.99. The number of oxime groups is 1. The predicted octanol–water partition coefficient (Wildman–Crippen LogP) is 4.39. The van der Waals surface area contributed by atoms with Crippen LogP contribution in [0.2, 0.25) is 0 Å². The molecule has 0 unspecified atom stereocenters. The van der Waals surface area contributed by atoms with Gasteiger partial charge in [-0.2, -0.15) is 15.7 Å². The van der Waals surface area contributed by atoms with Crippen LogP contribution in [0.3, 0.4) is 0 Å². The Bertz CT molecular complexity index is 1110. The third kappa shape index (κ3) is 4.85.